The van der Waals surface area contributed by atoms with Crippen LogP contribution in [0.2, 0.25) is 5.02 Å². The van der Waals surface area contributed by atoms with Crippen molar-refractivity contribution in [3.8, 4) is 5.75 Å². The first kappa shape index (κ1) is 19.9. The quantitative estimate of drug-likeness (QED) is 0.433. The van der Waals surface area contributed by atoms with Crippen LogP contribution in [0.3, 0.4) is 0 Å². The summed E-state index contributed by atoms with van der Waals surface area (Å²) >= 11 is 6.26. The lowest BCUT2D eigenvalue weighted by Gasteiger charge is -2.13. The number of rotatable bonds is 7. The molecule has 0 aliphatic carbocycles. The van der Waals surface area contributed by atoms with Crippen LogP contribution in [-0.4, -0.2) is 18.2 Å². The van der Waals surface area contributed by atoms with Crippen LogP contribution in [0.15, 0.2) is 65.8 Å². The van der Waals surface area contributed by atoms with E-state index in [2.05, 4.69) is 17.5 Å². The zero-order valence-electron chi connectivity index (χ0n) is 16.0. The van der Waals surface area contributed by atoms with Crippen molar-refractivity contribution in [3.63, 3.8) is 0 Å². The zero-order chi connectivity index (χ0) is 19.9. The highest BCUT2D eigenvalue weighted by atomic mass is 35.5. The van der Waals surface area contributed by atoms with E-state index in [1.54, 1.807) is 12.3 Å². The lowest BCUT2D eigenvalue weighted by Crippen LogP contribution is -2.19. The summed E-state index contributed by atoms with van der Waals surface area (Å²) in [5.74, 6) is 0.476. The summed E-state index contributed by atoms with van der Waals surface area (Å²) in [5, 5.41) is 6.75. The molecule has 144 valence electrons. The topological polar surface area (TPSA) is 50.7 Å². The second-order valence-electron chi connectivity index (χ2n) is 6.63. The molecule has 1 atom stereocenters. The van der Waals surface area contributed by atoms with Crippen LogP contribution in [0, 0.1) is 0 Å². The van der Waals surface area contributed by atoms with Gasteiger partial charge in [-0.05, 0) is 53.4 Å². The van der Waals surface area contributed by atoms with Crippen LogP contribution in [0.25, 0.3) is 10.8 Å². The number of nitrogens with one attached hydrogen (secondary N) is 1. The van der Waals surface area contributed by atoms with E-state index in [9.17, 15) is 4.79 Å². The lowest BCUT2D eigenvalue weighted by molar-refractivity contribution is -0.120. The van der Waals surface area contributed by atoms with Crippen LogP contribution in [-0.2, 0) is 11.2 Å². The molecule has 0 saturated carbocycles. The molecule has 0 aromatic heterocycles. The predicted octanol–water partition coefficient (Wildman–Crippen LogP) is 5.36. The molecule has 0 aliphatic rings. The van der Waals surface area contributed by atoms with Crippen LogP contribution in [0.4, 0.5) is 0 Å². The molecule has 0 bridgehead atoms. The van der Waals surface area contributed by atoms with E-state index in [-0.39, 0.29) is 18.4 Å². The number of nitrogens with zero attached hydrogens (tertiary/aromatic N) is 1. The van der Waals surface area contributed by atoms with Crippen molar-refractivity contribution in [1.82, 2.24) is 5.43 Å². The third-order valence-electron chi connectivity index (χ3n) is 4.49. The second kappa shape index (κ2) is 9.38. The minimum atomic E-state index is -0.171. The number of hydrogen-bond donors (Lipinski definition) is 1. The molecule has 1 amide bonds. The van der Waals surface area contributed by atoms with Gasteiger partial charge in [-0.3, -0.25) is 4.79 Å². The zero-order valence-corrected chi connectivity index (χ0v) is 16.7. The molecule has 4 nitrogen and oxygen atoms in total. The third kappa shape index (κ3) is 5.11. The number of amides is 1. The molecule has 1 N–H and O–H groups in total. The van der Waals surface area contributed by atoms with Gasteiger partial charge < -0.3 is 4.74 Å². The Morgan fingerprint density at radius 2 is 1.96 bits per heavy atom. The number of carbonyl (C=O) groups excluding carboxylic acids is 1. The highest BCUT2D eigenvalue weighted by molar-refractivity contribution is 6.32. The summed E-state index contributed by atoms with van der Waals surface area (Å²) in [5.41, 5.74) is 4.33. The van der Waals surface area contributed by atoms with Gasteiger partial charge >= 0.3 is 0 Å². The molecule has 0 fully saturated rings. The highest BCUT2D eigenvalue weighted by Gasteiger charge is 2.07. The molecule has 0 spiro atoms. The summed E-state index contributed by atoms with van der Waals surface area (Å²) in [4.78, 5) is 12.3. The SMILES string of the molecule is CC[C@H](C)Oc1ccc(/C=N\NC(=O)Cc2cccc3ccccc23)cc1Cl. The third-order valence-corrected chi connectivity index (χ3v) is 4.79. The summed E-state index contributed by atoms with van der Waals surface area (Å²) in [7, 11) is 0. The fourth-order valence-electron chi connectivity index (χ4n) is 2.83. The fourth-order valence-corrected chi connectivity index (χ4v) is 3.06. The van der Waals surface area contributed by atoms with E-state index in [0.717, 1.165) is 28.3 Å². The van der Waals surface area contributed by atoms with Crippen LogP contribution >= 0.6 is 11.6 Å². The maximum atomic E-state index is 12.3. The molecule has 3 rings (SSSR count). The van der Waals surface area contributed by atoms with Crippen LogP contribution in [0.5, 0.6) is 5.75 Å². The van der Waals surface area contributed by atoms with Crippen molar-refractivity contribution >= 4 is 34.5 Å². The average Bonchev–Trinajstić information content (AvgIpc) is 2.70. The van der Waals surface area contributed by atoms with Gasteiger partial charge in [-0.15, -0.1) is 0 Å². The molecule has 0 aliphatic heterocycles. The molecular weight excluding hydrogens is 372 g/mol. The molecule has 0 radical (unpaired) electrons. The van der Waals surface area contributed by atoms with Crippen molar-refractivity contribution in [2.24, 2.45) is 5.10 Å². The van der Waals surface area contributed by atoms with Crippen molar-refractivity contribution in [2.45, 2.75) is 32.8 Å². The van der Waals surface area contributed by atoms with Gasteiger partial charge in [-0.1, -0.05) is 61.0 Å². The maximum absolute atomic E-state index is 12.3. The summed E-state index contributed by atoms with van der Waals surface area (Å²) in [6, 6.07) is 19.4. The standard InChI is InChI=1S/C23H23ClN2O2/c1-3-16(2)28-22-12-11-17(13-21(22)24)15-25-26-23(27)14-19-9-6-8-18-7-4-5-10-20(18)19/h4-13,15-16H,3,14H2,1-2H3,(H,26,27)/b25-15-/t16-/m0/s1. The number of hydrogen-bond acceptors (Lipinski definition) is 3. The Balaban J connectivity index is 1.61. The van der Waals surface area contributed by atoms with Gasteiger partial charge in [0.15, 0.2) is 0 Å². The Bertz CT molecular complexity index is 996. The van der Waals surface area contributed by atoms with E-state index < -0.39 is 0 Å². The Hall–Kier alpha value is -2.85. The van der Waals surface area contributed by atoms with E-state index >= 15 is 0 Å². The number of halogens is 1. The number of hydrazone groups is 1. The van der Waals surface area contributed by atoms with Crippen molar-refractivity contribution in [3.05, 3.63) is 76.8 Å². The Morgan fingerprint density at radius 3 is 2.75 bits per heavy atom. The Morgan fingerprint density at radius 1 is 1.18 bits per heavy atom. The van der Waals surface area contributed by atoms with Crippen LogP contribution < -0.4 is 10.2 Å². The molecular formula is C23H23ClN2O2. The maximum Gasteiger partial charge on any atom is 0.244 e. The number of ether oxygens (including phenoxy) is 1. The van der Waals surface area contributed by atoms with Gasteiger partial charge in [0.05, 0.1) is 23.8 Å². The van der Waals surface area contributed by atoms with Gasteiger partial charge in [-0.2, -0.15) is 5.10 Å². The number of benzene rings is 3. The van der Waals surface area contributed by atoms with Crippen molar-refractivity contribution in [1.29, 1.82) is 0 Å². The largest absolute Gasteiger partial charge is 0.489 e. The molecule has 28 heavy (non-hydrogen) atoms. The molecule has 0 heterocycles. The van der Waals surface area contributed by atoms with Gasteiger partial charge in [0.2, 0.25) is 5.91 Å². The molecule has 0 saturated heterocycles. The number of fused-ring (bicyclic) bond motifs is 1. The molecule has 5 heteroatoms. The van der Waals surface area contributed by atoms with Crippen LogP contribution in [0.1, 0.15) is 31.4 Å². The van der Waals surface area contributed by atoms with Gasteiger partial charge in [0.1, 0.15) is 5.75 Å². The first-order valence-corrected chi connectivity index (χ1v) is 9.69. The van der Waals surface area contributed by atoms with E-state index in [4.69, 9.17) is 16.3 Å². The average molecular weight is 395 g/mol. The van der Waals surface area contributed by atoms with E-state index in [1.807, 2.05) is 61.5 Å². The number of carbonyl (C=O) groups is 1. The second-order valence-corrected chi connectivity index (χ2v) is 7.04. The monoisotopic (exact) mass is 394 g/mol. The smallest absolute Gasteiger partial charge is 0.244 e. The molecule has 3 aromatic rings. The summed E-state index contributed by atoms with van der Waals surface area (Å²) < 4.78 is 5.75. The first-order chi connectivity index (χ1) is 13.6. The minimum absolute atomic E-state index is 0.102. The Kier molecular flexibility index (Phi) is 6.66. The molecule has 0 unspecified atom stereocenters. The fraction of sp³-hybridized carbons (Fsp3) is 0.217. The van der Waals surface area contributed by atoms with E-state index in [1.165, 1.54) is 0 Å². The van der Waals surface area contributed by atoms with Gasteiger partial charge in [0.25, 0.3) is 0 Å². The van der Waals surface area contributed by atoms with Crippen molar-refractivity contribution < 1.29 is 9.53 Å². The highest BCUT2D eigenvalue weighted by Crippen LogP contribution is 2.26. The lowest BCUT2D eigenvalue weighted by atomic mass is 10.0. The molecule has 3 aromatic carbocycles. The summed E-state index contributed by atoms with van der Waals surface area (Å²) in [6.45, 7) is 4.05. The van der Waals surface area contributed by atoms with Gasteiger partial charge in [0, 0.05) is 0 Å². The van der Waals surface area contributed by atoms with Crippen molar-refractivity contribution in [2.75, 3.05) is 0 Å². The van der Waals surface area contributed by atoms with E-state index in [0.29, 0.717) is 10.8 Å². The normalized spacial score (nSPS) is 12.2. The Labute approximate surface area is 170 Å². The minimum Gasteiger partial charge on any atom is -0.489 e. The van der Waals surface area contributed by atoms with Gasteiger partial charge in [-0.25, -0.2) is 5.43 Å². The summed E-state index contributed by atoms with van der Waals surface area (Å²) in [6.07, 6.45) is 2.84. The predicted molar refractivity (Wildman–Crippen MR) is 115 cm³/mol. The first-order valence-electron chi connectivity index (χ1n) is 9.31.